The van der Waals surface area contributed by atoms with Gasteiger partial charge in [-0.2, -0.15) is 0 Å². The summed E-state index contributed by atoms with van der Waals surface area (Å²) in [7, 11) is 2.16. The van der Waals surface area contributed by atoms with Gasteiger partial charge in [-0.15, -0.1) is 0 Å². The Hall–Kier alpha value is -0.830. The molecule has 1 heterocycles. The summed E-state index contributed by atoms with van der Waals surface area (Å²) in [5.74, 6) is 1.17. The van der Waals surface area contributed by atoms with Crippen LogP contribution in [-0.2, 0) is 0 Å². The van der Waals surface area contributed by atoms with Crippen molar-refractivity contribution in [1.82, 2.24) is 9.80 Å². The molecule has 0 aromatic rings. The lowest BCUT2D eigenvalue weighted by Gasteiger charge is -2.34. The minimum atomic E-state index is 0.996. The quantitative estimate of drug-likeness (QED) is 0.470. The van der Waals surface area contributed by atoms with E-state index in [0.29, 0.717) is 0 Å². The van der Waals surface area contributed by atoms with Crippen molar-refractivity contribution in [3.05, 3.63) is 12.8 Å². The van der Waals surface area contributed by atoms with Gasteiger partial charge in [0.05, 0.1) is 0 Å². The van der Waals surface area contributed by atoms with E-state index in [1.54, 1.807) is 6.20 Å². The number of nitrogens with zero attached hydrogens (tertiary/aromatic N) is 3. The Morgan fingerprint density at radius 2 is 2.00 bits per heavy atom. The van der Waals surface area contributed by atoms with Crippen molar-refractivity contribution in [3.63, 3.8) is 0 Å². The van der Waals surface area contributed by atoms with Crippen LogP contribution in [0.3, 0.4) is 0 Å². The van der Waals surface area contributed by atoms with E-state index in [0.717, 1.165) is 32.6 Å². The molecule has 3 heteroatoms. The molecule has 0 atom stereocenters. The lowest BCUT2D eigenvalue weighted by Crippen LogP contribution is -2.46. The molecule has 13 heavy (non-hydrogen) atoms. The lowest BCUT2D eigenvalue weighted by atomic mass is 10.3. The summed E-state index contributed by atoms with van der Waals surface area (Å²) in [6, 6.07) is 0. The van der Waals surface area contributed by atoms with Gasteiger partial charge < -0.3 is 9.80 Å². The zero-order valence-corrected chi connectivity index (χ0v) is 8.66. The SMILES string of the molecule is C=CN=C(CC)N1CCN(C)CC1. The largest absolute Gasteiger partial charge is 0.358 e. The van der Waals surface area contributed by atoms with E-state index in [1.165, 1.54) is 5.84 Å². The number of likely N-dealkylation sites (N-methyl/N-ethyl adjacent to an activating group) is 1. The standard InChI is InChI=1S/C10H19N3/c1-4-10(11-5-2)13-8-6-12(3)7-9-13/h5H,2,4,6-9H2,1,3H3. The second-order valence-electron chi connectivity index (χ2n) is 3.37. The van der Waals surface area contributed by atoms with Gasteiger partial charge in [-0.3, -0.25) is 0 Å². The van der Waals surface area contributed by atoms with E-state index in [2.05, 4.69) is 35.3 Å². The van der Waals surface area contributed by atoms with Gasteiger partial charge in [0.15, 0.2) is 0 Å². The van der Waals surface area contributed by atoms with Crippen molar-refractivity contribution in [2.75, 3.05) is 33.2 Å². The third kappa shape index (κ3) is 2.84. The van der Waals surface area contributed by atoms with Crippen LogP contribution in [0.25, 0.3) is 0 Å². The Balaban J connectivity index is 2.51. The van der Waals surface area contributed by atoms with Gasteiger partial charge in [-0.25, -0.2) is 4.99 Å². The molecule has 1 aliphatic heterocycles. The van der Waals surface area contributed by atoms with E-state index in [1.807, 2.05) is 0 Å². The molecule has 0 aromatic carbocycles. The molecular weight excluding hydrogens is 162 g/mol. The molecule has 0 saturated carbocycles. The highest BCUT2D eigenvalue weighted by molar-refractivity contribution is 5.82. The average molecular weight is 181 g/mol. The minimum Gasteiger partial charge on any atom is -0.358 e. The summed E-state index contributed by atoms with van der Waals surface area (Å²) in [6.45, 7) is 10.2. The van der Waals surface area contributed by atoms with Crippen LogP contribution >= 0.6 is 0 Å². The highest BCUT2D eigenvalue weighted by Crippen LogP contribution is 2.03. The monoisotopic (exact) mass is 181 g/mol. The zero-order chi connectivity index (χ0) is 9.68. The summed E-state index contributed by atoms with van der Waals surface area (Å²) < 4.78 is 0. The van der Waals surface area contributed by atoms with Crippen LogP contribution < -0.4 is 0 Å². The first-order valence-corrected chi connectivity index (χ1v) is 4.89. The van der Waals surface area contributed by atoms with Crippen LogP contribution in [0.15, 0.2) is 17.8 Å². The van der Waals surface area contributed by atoms with Crippen LogP contribution in [0.1, 0.15) is 13.3 Å². The maximum Gasteiger partial charge on any atom is 0.104 e. The molecule has 1 rings (SSSR count). The second kappa shape index (κ2) is 5.02. The topological polar surface area (TPSA) is 18.8 Å². The van der Waals surface area contributed by atoms with Gasteiger partial charge >= 0.3 is 0 Å². The third-order valence-electron chi connectivity index (χ3n) is 2.42. The molecule has 0 aliphatic carbocycles. The maximum absolute atomic E-state index is 4.28. The number of rotatable bonds is 2. The predicted octanol–water partition coefficient (Wildman–Crippen LogP) is 1.19. The molecule has 1 saturated heterocycles. The first kappa shape index (κ1) is 10.3. The average Bonchev–Trinajstić information content (AvgIpc) is 2.16. The summed E-state index contributed by atoms with van der Waals surface area (Å²) in [5.41, 5.74) is 0. The van der Waals surface area contributed by atoms with Crippen molar-refractivity contribution >= 4 is 5.84 Å². The zero-order valence-electron chi connectivity index (χ0n) is 8.66. The fourth-order valence-corrected chi connectivity index (χ4v) is 1.57. The molecule has 74 valence electrons. The smallest absolute Gasteiger partial charge is 0.104 e. The first-order chi connectivity index (χ1) is 6.27. The van der Waals surface area contributed by atoms with Crippen molar-refractivity contribution in [2.24, 2.45) is 4.99 Å². The molecule has 0 spiro atoms. The Morgan fingerprint density at radius 3 is 2.46 bits per heavy atom. The number of hydrogen-bond acceptors (Lipinski definition) is 2. The number of hydrogen-bond donors (Lipinski definition) is 0. The van der Waals surface area contributed by atoms with Gasteiger partial charge in [0.2, 0.25) is 0 Å². The molecule has 0 unspecified atom stereocenters. The molecule has 0 bridgehead atoms. The lowest BCUT2D eigenvalue weighted by molar-refractivity contribution is 0.213. The van der Waals surface area contributed by atoms with Crippen molar-refractivity contribution in [1.29, 1.82) is 0 Å². The Bertz CT molecular complexity index is 190. The van der Waals surface area contributed by atoms with E-state index >= 15 is 0 Å². The fourth-order valence-electron chi connectivity index (χ4n) is 1.57. The summed E-state index contributed by atoms with van der Waals surface area (Å²) in [4.78, 5) is 8.97. The van der Waals surface area contributed by atoms with Gasteiger partial charge in [0.1, 0.15) is 5.84 Å². The fraction of sp³-hybridized carbons (Fsp3) is 0.700. The highest BCUT2D eigenvalue weighted by Gasteiger charge is 2.15. The Labute approximate surface area is 80.7 Å². The van der Waals surface area contributed by atoms with Crippen LogP contribution in [0, 0.1) is 0 Å². The van der Waals surface area contributed by atoms with Crippen molar-refractivity contribution in [2.45, 2.75) is 13.3 Å². The molecule has 3 nitrogen and oxygen atoms in total. The van der Waals surface area contributed by atoms with Gasteiger partial charge in [-0.05, 0) is 7.05 Å². The van der Waals surface area contributed by atoms with Crippen LogP contribution in [0.4, 0.5) is 0 Å². The normalized spacial score (nSPS) is 20.5. The molecule has 1 aliphatic rings. The highest BCUT2D eigenvalue weighted by atomic mass is 15.3. The van der Waals surface area contributed by atoms with Crippen molar-refractivity contribution < 1.29 is 0 Å². The van der Waals surface area contributed by atoms with Gasteiger partial charge in [0.25, 0.3) is 0 Å². The van der Waals surface area contributed by atoms with E-state index in [9.17, 15) is 0 Å². The summed E-state index contributed by atoms with van der Waals surface area (Å²) in [5, 5.41) is 0. The molecular formula is C10H19N3. The first-order valence-electron chi connectivity index (χ1n) is 4.89. The molecule has 0 aromatic heterocycles. The van der Waals surface area contributed by atoms with Gasteiger partial charge in [0, 0.05) is 38.8 Å². The maximum atomic E-state index is 4.28. The van der Waals surface area contributed by atoms with Crippen LogP contribution in [0.5, 0.6) is 0 Å². The van der Waals surface area contributed by atoms with E-state index in [-0.39, 0.29) is 0 Å². The molecule has 1 fully saturated rings. The minimum absolute atomic E-state index is 0.996. The number of aliphatic imine (C=N–C) groups is 1. The van der Waals surface area contributed by atoms with Crippen LogP contribution in [-0.4, -0.2) is 48.9 Å². The number of piperazine rings is 1. The molecule has 0 N–H and O–H groups in total. The Morgan fingerprint density at radius 1 is 1.38 bits per heavy atom. The van der Waals surface area contributed by atoms with Gasteiger partial charge in [-0.1, -0.05) is 13.5 Å². The predicted molar refractivity (Wildman–Crippen MR) is 57.0 cm³/mol. The van der Waals surface area contributed by atoms with Crippen molar-refractivity contribution in [3.8, 4) is 0 Å². The molecule has 0 amide bonds. The van der Waals surface area contributed by atoms with E-state index in [4.69, 9.17) is 0 Å². The Kier molecular flexibility index (Phi) is 3.96. The number of amidine groups is 1. The van der Waals surface area contributed by atoms with Crippen LogP contribution in [0.2, 0.25) is 0 Å². The second-order valence-corrected chi connectivity index (χ2v) is 3.37. The summed E-state index contributed by atoms with van der Waals surface area (Å²) >= 11 is 0. The molecule has 0 radical (unpaired) electrons. The summed E-state index contributed by atoms with van der Waals surface area (Å²) in [6.07, 6.45) is 2.63. The van der Waals surface area contributed by atoms with E-state index < -0.39 is 0 Å². The third-order valence-corrected chi connectivity index (χ3v) is 2.42.